The summed E-state index contributed by atoms with van der Waals surface area (Å²) in [6.45, 7) is 0. The maximum atomic E-state index is 5.22. The van der Waals surface area contributed by atoms with Crippen LogP contribution in [0.25, 0.3) is 102 Å². The molecule has 0 unspecified atom stereocenters. The van der Waals surface area contributed by atoms with E-state index in [2.05, 4.69) is 36.4 Å². The van der Waals surface area contributed by atoms with Crippen molar-refractivity contribution in [3.05, 3.63) is 207 Å². The molecule has 0 fully saturated rings. The lowest BCUT2D eigenvalue weighted by Gasteiger charge is -2.14. The van der Waals surface area contributed by atoms with Gasteiger partial charge in [0, 0.05) is 45.8 Å². The minimum Gasteiger partial charge on any atom is -0.255 e. The fraction of sp³-hybridized carbons (Fsp3) is 0. The second-order valence-corrected chi connectivity index (χ2v) is 14.1. The molecule has 0 saturated heterocycles. The molecule has 0 amide bonds. The van der Waals surface area contributed by atoms with Crippen LogP contribution < -0.4 is 0 Å². The fourth-order valence-electron chi connectivity index (χ4n) is 7.11. The van der Waals surface area contributed by atoms with Crippen LogP contribution in [0.15, 0.2) is 207 Å². The molecule has 0 aliphatic carbocycles. The molecular formula is C52H34N8. The molecule has 0 atom stereocenters. The Labute approximate surface area is 347 Å². The van der Waals surface area contributed by atoms with Gasteiger partial charge in [0.15, 0.2) is 23.3 Å². The minimum absolute atomic E-state index is 0.572. The molecule has 0 radical (unpaired) electrons. The first-order valence-electron chi connectivity index (χ1n) is 19.6. The summed E-state index contributed by atoms with van der Waals surface area (Å²) >= 11 is 0. The maximum Gasteiger partial charge on any atom is 0.164 e. The zero-order valence-electron chi connectivity index (χ0n) is 32.2. The van der Waals surface area contributed by atoms with Crippen molar-refractivity contribution >= 4 is 0 Å². The second-order valence-electron chi connectivity index (χ2n) is 14.1. The van der Waals surface area contributed by atoms with Gasteiger partial charge in [-0.2, -0.15) is 0 Å². The van der Waals surface area contributed by atoms with E-state index in [1.165, 1.54) is 0 Å². The summed E-state index contributed by atoms with van der Waals surface area (Å²) in [5.41, 5.74) is 11.6. The van der Waals surface area contributed by atoms with E-state index in [1.807, 2.05) is 158 Å². The molecular weight excluding hydrogens is 737 g/mol. The van der Waals surface area contributed by atoms with Gasteiger partial charge < -0.3 is 0 Å². The van der Waals surface area contributed by atoms with E-state index in [0.29, 0.717) is 40.4 Å². The first-order chi connectivity index (χ1) is 29.7. The van der Waals surface area contributed by atoms with E-state index in [0.717, 1.165) is 61.6 Å². The normalized spacial score (nSPS) is 11.0. The summed E-state index contributed by atoms with van der Waals surface area (Å²) in [6.07, 6.45) is 3.57. The van der Waals surface area contributed by atoms with Crippen LogP contribution >= 0.6 is 0 Å². The van der Waals surface area contributed by atoms with Crippen LogP contribution in [0.4, 0.5) is 0 Å². The van der Waals surface area contributed by atoms with E-state index in [-0.39, 0.29) is 0 Å². The molecule has 5 aromatic heterocycles. The summed E-state index contributed by atoms with van der Waals surface area (Å²) in [5, 5.41) is 0. The molecule has 5 aromatic carbocycles. The van der Waals surface area contributed by atoms with Gasteiger partial charge in [-0.25, -0.2) is 29.9 Å². The van der Waals surface area contributed by atoms with Gasteiger partial charge in [0.05, 0.1) is 34.2 Å². The molecule has 8 nitrogen and oxygen atoms in total. The van der Waals surface area contributed by atoms with Crippen molar-refractivity contribution in [1.29, 1.82) is 0 Å². The Kier molecular flexibility index (Phi) is 9.75. The molecule has 10 rings (SSSR count). The van der Waals surface area contributed by atoms with Crippen LogP contribution in [0.5, 0.6) is 0 Å². The molecule has 0 aliphatic rings. The van der Waals surface area contributed by atoms with Gasteiger partial charge in [0.1, 0.15) is 0 Å². The largest absolute Gasteiger partial charge is 0.255 e. The Morgan fingerprint density at radius 2 is 0.733 bits per heavy atom. The second kappa shape index (κ2) is 16.2. The maximum absolute atomic E-state index is 5.22. The van der Waals surface area contributed by atoms with Gasteiger partial charge in [-0.3, -0.25) is 9.97 Å². The monoisotopic (exact) mass is 770 g/mol. The molecule has 0 N–H and O–H groups in total. The highest BCUT2D eigenvalue weighted by Gasteiger charge is 2.19. The van der Waals surface area contributed by atoms with Crippen molar-refractivity contribution in [1.82, 2.24) is 39.9 Å². The Balaban J connectivity index is 1.13. The summed E-state index contributed by atoms with van der Waals surface area (Å²) < 4.78 is 0. The molecule has 5 heterocycles. The highest BCUT2D eigenvalue weighted by atomic mass is 15.0. The lowest BCUT2D eigenvalue weighted by molar-refractivity contribution is 1.07. The Hall–Kier alpha value is -8.36. The van der Waals surface area contributed by atoms with Gasteiger partial charge in [-0.1, -0.05) is 146 Å². The zero-order chi connectivity index (χ0) is 40.1. The van der Waals surface area contributed by atoms with E-state index < -0.39 is 0 Å². The third-order valence-electron chi connectivity index (χ3n) is 10.1. The average molecular weight is 771 g/mol. The number of aromatic nitrogens is 8. The van der Waals surface area contributed by atoms with Gasteiger partial charge in [0.2, 0.25) is 0 Å². The molecule has 0 spiro atoms. The lowest BCUT2D eigenvalue weighted by atomic mass is 9.98. The summed E-state index contributed by atoms with van der Waals surface area (Å²) in [7, 11) is 0. The predicted octanol–water partition coefficient (Wildman–Crippen LogP) is 11.8. The van der Waals surface area contributed by atoms with Gasteiger partial charge in [0.25, 0.3) is 0 Å². The van der Waals surface area contributed by atoms with Gasteiger partial charge in [-0.15, -0.1) is 0 Å². The topological polar surface area (TPSA) is 103 Å². The highest BCUT2D eigenvalue weighted by molar-refractivity contribution is 5.84. The Bertz CT molecular complexity index is 2960. The standard InChI is InChI=1S/C52H34N8/c1-5-17-35(18-6-1)44-34-45(57-49(56-44)36-19-7-2-8-20-36)42-27-16-30-54-48(42)47-33-41(32-46(55-47)43-28-13-14-29-53-43)39-25-15-26-40(31-39)52-59-50(37-21-9-3-10-22-37)58-51(60-52)38-23-11-4-12-24-38/h1-34H. The van der Waals surface area contributed by atoms with Crippen LogP contribution in [0, 0.1) is 0 Å². The molecule has 8 heteroatoms. The average Bonchev–Trinajstić information content (AvgIpc) is 3.35. The first-order valence-corrected chi connectivity index (χ1v) is 19.6. The smallest absolute Gasteiger partial charge is 0.164 e. The summed E-state index contributed by atoms with van der Waals surface area (Å²) in [5.74, 6) is 2.40. The van der Waals surface area contributed by atoms with Crippen molar-refractivity contribution in [2.75, 3.05) is 0 Å². The van der Waals surface area contributed by atoms with E-state index in [4.69, 9.17) is 39.9 Å². The van der Waals surface area contributed by atoms with Crippen molar-refractivity contribution in [3.63, 3.8) is 0 Å². The fourth-order valence-corrected chi connectivity index (χ4v) is 7.11. The minimum atomic E-state index is 0.572. The number of benzene rings is 5. The number of hydrogen-bond acceptors (Lipinski definition) is 8. The van der Waals surface area contributed by atoms with Crippen LogP contribution in [-0.4, -0.2) is 39.9 Å². The predicted molar refractivity (Wildman–Crippen MR) is 238 cm³/mol. The number of rotatable bonds is 9. The van der Waals surface area contributed by atoms with E-state index >= 15 is 0 Å². The van der Waals surface area contributed by atoms with Crippen molar-refractivity contribution in [2.24, 2.45) is 0 Å². The molecule has 0 saturated carbocycles. The van der Waals surface area contributed by atoms with Gasteiger partial charge in [-0.05, 0) is 59.7 Å². The highest BCUT2D eigenvalue weighted by Crippen LogP contribution is 2.36. The molecule has 282 valence electrons. The van der Waals surface area contributed by atoms with Crippen LogP contribution in [0.1, 0.15) is 0 Å². The van der Waals surface area contributed by atoms with Gasteiger partial charge >= 0.3 is 0 Å². The van der Waals surface area contributed by atoms with Crippen LogP contribution in [-0.2, 0) is 0 Å². The van der Waals surface area contributed by atoms with E-state index in [9.17, 15) is 0 Å². The summed E-state index contributed by atoms with van der Waals surface area (Å²) in [4.78, 5) is 39.9. The summed E-state index contributed by atoms with van der Waals surface area (Å²) in [6, 6.07) is 64.4. The molecule has 10 aromatic rings. The number of hydrogen-bond donors (Lipinski definition) is 0. The molecule has 0 aliphatic heterocycles. The Morgan fingerprint density at radius 3 is 1.35 bits per heavy atom. The lowest BCUT2D eigenvalue weighted by Crippen LogP contribution is -2.00. The molecule has 60 heavy (non-hydrogen) atoms. The SMILES string of the molecule is c1ccc(-c2cc(-c3cccnc3-c3cc(-c4cccc(-c5nc(-c6ccccc6)nc(-c6ccccc6)n5)c4)cc(-c4ccccn4)n3)nc(-c3ccccc3)n2)cc1. The van der Waals surface area contributed by atoms with Crippen molar-refractivity contribution in [2.45, 2.75) is 0 Å². The zero-order valence-corrected chi connectivity index (χ0v) is 32.2. The van der Waals surface area contributed by atoms with E-state index in [1.54, 1.807) is 12.4 Å². The first kappa shape index (κ1) is 36.0. The van der Waals surface area contributed by atoms with Crippen molar-refractivity contribution in [3.8, 4) is 102 Å². The third-order valence-corrected chi connectivity index (χ3v) is 10.1. The quantitative estimate of drug-likeness (QED) is 0.143. The molecule has 0 bridgehead atoms. The third kappa shape index (κ3) is 7.56. The Morgan fingerprint density at radius 1 is 0.233 bits per heavy atom. The van der Waals surface area contributed by atoms with Crippen molar-refractivity contribution < 1.29 is 0 Å². The number of nitrogens with zero attached hydrogens (tertiary/aromatic N) is 8. The van der Waals surface area contributed by atoms with Crippen LogP contribution in [0.3, 0.4) is 0 Å². The van der Waals surface area contributed by atoms with Crippen LogP contribution in [0.2, 0.25) is 0 Å². The number of pyridine rings is 3.